The number of Topliss-reactive ketones (excluding diaryl/α,β-unsaturated/α-hetero) is 1. The number of benzene rings is 1. The van der Waals surface area contributed by atoms with Crippen LogP contribution in [-0.2, 0) is 4.74 Å². The third-order valence-corrected chi connectivity index (χ3v) is 4.82. The molecule has 1 aliphatic heterocycles. The molecule has 1 aromatic rings. The fraction of sp³-hybridized carbons (Fsp3) is 0.438. The van der Waals surface area contributed by atoms with E-state index in [4.69, 9.17) is 4.74 Å². The van der Waals surface area contributed by atoms with E-state index in [0.29, 0.717) is 31.6 Å². The number of ether oxygens (including phenoxy) is 1. The predicted octanol–water partition coefficient (Wildman–Crippen LogP) is 2.47. The van der Waals surface area contributed by atoms with Crippen molar-refractivity contribution in [2.45, 2.75) is 12.8 Å². The van der Waals surface area contributed by atoms with E-state index in [0.717, 1.165) is 0 Å². The first kappa shape index (κ1) is 13.7. The number of carbonyl (C=O) groups excluding carboxylic acids is 1. The molecular weight excluding hydrogens is 271 g/mol. The Labute approximate surface area is 121 Å². The molecular formula is C16H13FN2O2. The Hall–Kier alpha value is -2.24. The molecule has 1 saturated carbocycles. The van der Waals surface area contributed by atoms with Gasteiger partial charge in [-0.05, 0) is 37.1 Å². The second-order valence-electron chi connectivity index (χ2n) is 5.60. The van der Waals surface area contributed by atoms with Crippen molar-refractivity contribution in [3.05, 3.63) is 35.6 Å². The number of hydrogen-bond donors (Lipinski definition) is 0. The first-order valence-electron chi connectivity index (χ1n) is 6.81. The van der Waals surface area contributed by atoms with Gasteiger partial charge in [-0.25, -0.2) is 4.39 Å². The fourth-order valence-corrected chi connectivity index (χ4v) is 3.62. The summed E-state index contributed by atoms with van der Waals surface area (Å²) in [6, 6.07) is 9.37. The van der Waals surface area contributed by atoms with Crippen LogP contribution in [0.4, 0.5) is 4.39 Å². The average molecular weight is 284 g/mol. The molecule has 106 valence electrons. The second kappa shape index (κ2) is 4.65. The van der Waals surface area contributed by atoms with Gasteiger partial charge in [0.15, 0.2) is 11.2 Å². The highest BCUT2D eigenvalue weighted by Gasteiger charge is 2.80. The minimum atomic E-state index is -1.28. The van der Waals surface area contributed by atoms with E-state index in [-0.39, 0.29) is 5.78 Å². The van der Waals surface area contributed by atoms with Crippen LogP contribution in [0.1, 0.15) is 23.2 Å². The zero-order chi connectivity index (χ0) is 15.1. The summed E-state index contributed by atoms with van der Waals surface area (Å²) in [5, 5.41) is 18.9. The highest BCUT2D eigenvalue weighted by Crippen LogP contribution is 2.73. The molecule has 1 spiro atoms. The highest BCUT2D eigenvalue weighted by atomic mass is 19.1. The molecule has 1 saturated heterocycles. The van der Waals surface area contributed by atoms with Crippen LogP contribution in [0.5, 0.6) is 0 Å². The van der Waals surface area contributed by atoms with Crippen molar-refractivity contribution < 1.29 is 13.9 Å². The Morgan fingerprint density at radius 3 is 2.29 bits per heavy atom. The Kier molecular flexibility index (Phi) is 3.04. The normalized spacial score (nSPS) is 24.8. The summed E-state index contributed by atoms with van der Waals surface area (Å²) in [4.78, 5) is 12.7. The maximum atomic E-state index is 13.0. The number of ketones is 1. The van der Waals surface area contributed by atoms with Crippen LogP contribution in [0, 0.1) is 45.2 Å². The van der Waals surface area contributed by atoms with Gasteiger partial charge in [0.25, 0.3) is 0 Å². The van der Waals surface area contributed by atoms with Crippen LogP contribution in [0.2, 0.25) is 0 Å². The summed E-state index contributed by atoms with van der Waals surface area (Å²) < 4.78 is 18.3. The lowest BCUT2D eigenvalue weighted by Crippen LogP contribution is -2.23. The predicted molar refractivity (Wildman–Crippen MR) is 70.4 cm³/mol. The van der Waals surface area contributed by atoms with Crippen molar-refractivity contribution in [3.63, 3.8) is 0 Å². The fourth-order valence-electron chi connectivity index (χ4n) is 3.62. The monoisotopic (exact) mass is 284 g/mol. The van der Waals surface area contributed by atoms with Gasteiger partial charge in [0.2, 0.25) is 0 Å². The molecule has 1 aliphatic carbocycles. The molecule has 5 heteroatoms. The van der Waals surface area contributed by atoms with E-state index in [9.17, 15) is 19.7 Å². The van der Waals surface area contributed by atoms with Crippen molar-refractivity contribution in [2.75, 3.05) is 13.2 Å². The quantitative estimate of drug-likeness (QED) is 0.782. The molecule has 21 heavy (non-hydrogen) atoms. The van der Waals surface area contributed by atoms with E-state index in [2.05, 4.69) is 12.1 Å². The second-order valence-corrected chi connectivity index (χ2v) is 5.60. The summed E-state index contributed by atoms with van der Waals surface area (Å²) in [6.07, 6.45) is 1.07. The van der Waals surface area contributed by atoms with E-state index in [1.807, 2.05) is 0 Å². The Bertz CT molecular complexity index is 649. The van der Waals surface area contributed by atoms with Gasteiger partial charge in [0, 0.05) is 24.2 Å². The summed E-state index contributed by atoms with van der Waals surface area (Å²) >= 11 is 0. The Balaban J connectivity index is 1.97. The van der Waals surface area contributed by atoms with E-state index in [1.165, 1.54) is 24.3 Å². The van der Waals surface area contributed by atoms with Gasteiger partial charge in [-0.2, -0.15) is 10.5 Å². The third-order valence-electron chi connectivity index (χ3n) is 4.82. The molecule has 0 radical (unpaired) electrons. The minimum absolute atomic E-state index is 0.250. The van der Waals surface area contributed by atoms with E-state index in [1.54, 1.807) is 0 Å². The number of nitriles is 2. The molecule has 4 nitrogen and oxygen atoms in total. The van der Waals surface area contributed by atoms with Crippen molar-refractivity contribution in [2.24, 2.45) is 16.7 Å². The molecule has 2 fully saturated rings. The standard InChI is InChI=1S/C16H13FN2O2/c17-12-3-1-11(2-4-12)13(20)14-15(5-7-21-8-6-15)16(14,9-18)10-19/h1-4,14H,5-8H2/t14-/m0/s1. The van der Waals surface area contributed by atoms with Gasteiger partial charge >= 0.3 is 0 Å². The van der Waals surface area contributed by atoms with Crippen LogP contribution < -0.4 is 0 Å². The van der Waals surface area contributed by atoms with Gasteiger partial charge in [0.05, 0.1) is 18.1 Å². The SMILES string of the molecule is N#CC1(C#N)[C@@H](C(=O)c2ccc(F)cc2)C12CCOCC2. The maximum Gasteiger partial charge on any atom is 0.169 e. The van der Waals surface area contributed by atoms with Gasteiger partial charge in [-0.3, -0.25) is 4.79 Å². The van der Waals surface area contributed by atoms with Gasteiger partial charge in [-0.15, -0.1) is 0 Å². The number of rotatable bonds is 2. The largest absolute Gasteiger partial charge is 0.381 e. The molecule has 0 bridgehead atoms. The zero-order valence-electron chi connectivity index (χ0n) is 11.3. The first-order valence-corrected chi connectivity index (χ1v) is 6.81. The zero-order valence-corrected chi connectivity index (χ0v) is 11.3. The number of carbonyl (C=O) groups is 1. The minimum Gasteiger partial charge on any atom is -0.381 e. The Morgan fingerprint density at radius 2 is 1.76 bits per heavy atom. The van der Waals surface area contributed by atoms with Crippen LogP contribution in [0.3, 0.4) is 0 Å². The molecule has 0 aromatic heterocycles. The van der Waals surface area contributed by atoms with E-state index >= 15 is 0 Å². The van der Waals surface area contributed by atoms with Crippen molar-refractivity contribution in [1.82, 2.24) is 0 Å². The maximum absolute atomic E-state index is 13.0. The Morgan fingerprint density at radius 1 is 1.19 bits per heavy atom. The van der Waals surface area contributed by atoms with Crippen LogP contribution in [-0.4, -0.2) is 19.0 Å². The molecule has 1 aromatic carbocycles. The molecule has 2 aliphatic rings. The van der Waals surface area contributed by atoms with Crippen molar-refractivity contribution in [3.8, 4) is 12.1 Å². The van der Waals surface area contributed by atoms with Crippen LogP contribution in [0.15, 0.2) is 24.3 Å². The summed E-state index contributed by atoms with van der Waals surface area (Å²) in [5.74, 6) is -1.32. The average Bonchev–Trinajstić information content (AvgIpc) is 3.08. The smallest absolute Gasteiger partial charge is 0.169 e. The first-order chi connectivity index (χ1) is 10.1. The summed E-state index contributed by atoms with van der Waals surface area (Å²) in [5.41, 5.74) is -1.54. The summed E-state index contributed by atoms with van der Waals surface area (Å²) in [7, 11) is 0. The molecule has 0 N–H and O–H groups in total. The lowest BCUT2D eigenvalue weighted by Gasteiger charge is -2.23. The van der Waals surface area contributed by atoms with Gasteiger partial charge < -0.3 is 4.74 Å². The highest BCUT2D eigenvalue weighted by molar-refractivity contribution is 6.02. The lowest BCUT2D eigenvalue weighted by molar-refractivity contribution is 0.0455. The van der Waals surface area contributed by atoms with E-state index < -0.39 is 22.6 Å². The van der Waals surface area contributed by atoms with Crippen LogP contribution in [0.25, 0.3) is 0 Å². The summed E-state index contributed by atoms with van der Waals surface area (Å²) in [6.45, 7) is 0.913. The van der Waals surface area contributed by atoms with Crippen molar-refractivity contribution >= 4 is 5.78 Å². The topological polar surface area (TPSA) is 73.9 Å². The molecule has 0 unspecified atom stereocenters. The molecule has 0 amide bonds. The molecule has 1 heterocycles. The van der Waals surface area contributed by atoms with Crippen molar-refractivity contribution in [1.29, 1.82) is 10.5 Å². The molecule has 1 atom stereocenters. The number of nitrogens with zero attached hydrogens (tertiary/aromatic N) is 2. The lowest BCUT2D eigenvalue weighted by atomic mass is 9.87. The number of hydrogen-bond acceptors (Lipinski definition) is 4. The van der Waals surface area contributed by atoms with Gasteiger partial charge in [0.1, 0.15) is 5.82 Å². The van der Waals surface area contributed by atoms with Gasteiger partial charge in [-0.1, -0.05) is 0 Å². The van der Waals surface area contributed by atoms with Crippen LogP contribution >= 0.6 is 0 Å². The number of halogens is 1. The molecule has 3 rings (SSSR count). The third kappa shape index (κ3) is 1.71.